The van der Waals surface area contributed by atoms with Gasteiger partial charge in [-0.25, -0.2) is 4.98 Å². The predicted octanol–water partition coefficient (Wildman–Crippen LogP) is 2.99. The fourth-order valence-corrected chi connectivity index (χ4v) is 3.58. The lowest BCUT2D eigenvalue weighted by atomic mass is 10.0. The van der Waals surface area contributed by atoms with Gasteiger partial charge < -0.3 is 20.3 Å². The number of hydrogen-bond acceptors (Lipinski definition) is 7. The molecule has 8 heteroatoms. The van der Waals surface area contributed by atoms with E-state index in [1.165, 1.54) is 0 Å². The van der Waals surface area contributed by atoms with E-state index in [1.54, 1.807) is 12.3 Å². The molecule has 0 bridgehead atoms. The Morgan fingerprint density at radius 2 is 2.00 bits per heavy atom. The molecule has 8 nitrogen and oxygen atoms in total. The van der Waals surface area contributed by atoms with Crippen LogP contribution >= 0.6 is 0 Å². The van der Waals surface area contributed by atoms with Gasteiger partial charge in [0.05, 0.1) is 6.07 Å². The molecular formula is C23H30N6O2. The van der Waals surface area contributed by atoms with Crippen LogP contribution in [0.1, 0.15) is 33.1 Å². The number of nitriles is 1. The van der Waals surface area contributed by atoms with Gasteiger partial charge in [-0.3, -0.25) is 4.79 Å². The second-order valence-corrected chi connectivity index (χ2v) is 8.06. The normalized spacial score (nSPS) is 15.2. The van der Waals surface area contributed by atoms with Crippen molar-refractivity contribution < 1.29 is 9.53 Å². The van der Waals surface area contributed by atoms with Crippen LogP contribution in [0.15, 0.2) is 42.6 Å². The summed E-state index contributed by atoms with van der Waals surface area (Å²) in [5.74, 6) is 2.26. The summed E-state index contributed by atoms with van der Waals surface area (Å²) in [5, 5.41) is 14.6. The van der Waals surface area contributed by atoms with Crippen molar-refractivity contribution in [1.82, 2.24) is 15.3 Å². The fourth-order valence-electron chi connectivity index (χ4n) is 3.58. The number of aromatic nitrogens is 2. The van der Waals surface area contributed by atoms with Crippen LogP contribution in [-0.2, 0) is 4.79 Å². The molecule has 1 aromatic heterocycles. The van der Waals surface area contributed by atoms with E-state index in [1.807, 2.05) is 36.4 Å². The van der Waals surface area contributed by atoms with Crippen LogP contribution in [0.2, 0.25) is 0 Å². The molecule has 31 heavy (non-hydrogen) atoms. The molecule has 2 aromatic rings. The molecule has 1 atom stereocenters. The van der Waals surface area contributed by atoms with Gasteiger partial charge in [0.1, 0.15) is 30.3 Å². The summed E-state index contributed by atoms with van der Waals surface area (Å²) in [4.78, 5) is 23.6. The van der Waals surface area contributed by atoms with Crippen molar-refractivity contribution >= 4 is 17.7 Å². The van der Waals surface area contributed by atoms with Crippen LogP contribution < -0.4 is 20.3 Å². The Balaban J connectivity index is 1.59. The third-order valence-corrected chi connectivity index (χ3v) is 5.10. The van der Waals surface area contributed by atoms with Crippen molar-refractivity contribution in [1.29, 1.82) is 5.26 Å². The Labute approximate surface area is 183 Å². The summed E-state index contributed by atoms with van der Waals surface area (Å²) in [6.45, 7) is 5.71. The highest BCUT2D eigenvalue weighted by molar-refractivity contribution is 5.84. The summed E-state index contributed by atoms with van der Waals surface area (Å²) < 4.78 is 6.06. The molecule has 0 saturated carbocycles. The van der Waals surface area contributed by atoms with E-state index in [0.29, 0.717) is 24.1 Å². The van der Waals surface area contributed by atoms with Crippen LogP contribution in [0.4, 0.5) is 11.8 Å². The van der Waals surface area contributed by atoms with Crippen molar-refractivity contribution in [2.75, 3.05) is 29.9 Å². The number of para-hydroxylation sites is 1. The lowest BCUT2D eigenvalue weighted by Crippen LogP contribution is -2.41. The Hall–Kier alpha value is -3.34. The van der Waals surface area contributed by atoms with Gasteiger partial charge in [0.25, 0.3) is 0 Å². The molecule has 1 aromatic carbocycles. The number of ether oxygens (including phenoxy) is 1. The Kier molecular flexibility index (Phi) is 8.05. The number of rotatable bonds is 9. The molecule has 2 N–H and O–H groups in total. The number of carbonyl (C=O) groups excluding carboxylic acids is 1. The lowest BCUT2D eigenvalue weighted by Gasteiger charge is -2.32. The Morgan fingerprint density at radius 1 is 1.26 bits per heavy atom. The molecule has 0 spiro atoms. The molecule has 0 aliphatic carbocycles. The number of nitrogens with one attached hydrogen (secondary N) is 2. The zero-order valence-corrected chi connectivity index (χ0v) is 18.1. The highest BCUT2D eigenvalue weighted by atomic mass is 16.5. The van der Waals surface area contributed by atoms with E-state index in [0.717, 1.165) is 31.7 Å². The van der Waals surface area contributed by atoms with Gasteiger partial charge in [0, 0.05) is 32.1 Å². The molecule has 1 aliphatic heterocycles. The quantitative estimate of drug-likeness (QED) is 0.599. The first-order valence-corrected chi connectivity index (χ1v) is 10.8. The molecule has 1 aliphatic rings. The van der Waals surface area contributed by atoms with E-state index in [-0.39, 0.29) is 18.6 Å². The molecule has 2 heterocycles. The molecule has 0 unspecified atom stereocenters. The van der Waals surface area contributed by atoms with Crippen molar-refractivity contribution in [3.05, 3.63) is 42.6 Å². The third-order valence-electron chi connectivity index (χ3n) is 5.10. The molecule has 3 rings (SSSR count). The lowest BCUT2D eigenvalue weighted by molar-refractivity contribution is -0.121. The number of benzene rings is 1. The highest BCUT2D eigenvalue weighted by Gasteiger charge is 2.24. The van der Waals surface area contributed by atoms with Crippen molar-refractivity contribution in [2.24, 2.45) is 5.92 Å². The molecule has 1 saturated heterocycles. The Bertz CT molecular complexity index is 875. The van der Waals surface area contributed by atoms with E-state index >= 15 is 0 Å². The van der Waals surface area contributed by atoms with Gasteiger partial charge in [-0.15, -0.1) is 0 Å². The second kappa shape index (κ2) is 11.2. The van der Waals surface area contributed by atoms with E-state index in [9.17, 15) is 4.79 Å². The average Bonchev–Trinajstić information content (AvgIpc) is 2.78. The summed E-state index contributed by atoms with van der Waals surface area (Å²) >= 11 is 0. The monoisotopic (exact) mass is 422 g/mol. The van der Waals surface area contributed by atoms with Gasteiger partial charge in [-0.1, -0.05) is 32.0 Å². The van der Waals surface area contributed by atoms with Crippen LogP contribution in [0.3, 0.4) is 0 Å². The minimum Gasteiger partial charge on any atom is -0.490 e. The van der Waals surface area contributed by atoms with Crippen LogP contribution in [0, 0.1) is 17.2 Å². The maximum Gasteiger partial charge on any atom is 0.243 e. The van der Waals surface area contributed by atoms with Gasteiger partial charge in [0.15, 0.2) is 0 Å². The van der Waals surface area contributed by atoms with Crippen molar-refractivity contribution in [3.63, 3.8) is 0 Å². The largest absolute Gasteiger partial charge is 0.490 e. The first kappa shape index (κ1) is 22.3. The molecule has 1 amide bonds. The first-order chi connectivity index (χ1) is 15.0. The van der Waals surface area contributed by atoms with E-state index < -0.39 is 6.04 Å². The average molecular weight is 423 g/mol. The zero-order valence-electron chi connectivity index (χ0n) is 18.1. The minimum atomic E-state index is -0.457. The number of anilines is 2. The van der Waals surface area contributed by atoms with Crippen LogP contribution in [-0.4, -0.2) is 47.7 Å². The molecule has 0 radical (unpaired) electrons. The van der Waals surface area contributed by atoms with Gasteiger partial charge in [-0.2, -0.15) is 10.2 Å². The number of nitrogens with zero attached hydrogens (tertiary/aromatic N) is 4. The minimum absolute atomic E-state index is 0.00979. The number of piperidine rings is 1. The van der Waals surface area contributed by atoms with Gasteiger partial charge >= 0.3 is 0 Å². The predicted molar refractivity (Wildman–Crippen MR) is 120 cm³/mol. The topological polar surface area (TPSA) is 103 Å². The third kappa shape index (κ3) is 6.85. The maximum atomic E-state index is 12.4. The number of hydrogen-bond donors (Lipinski definition) is 2. The van der Waals surface area contributed by atoms with E-state index in [4.69, 9.17) is 10.00 Å². The first-order valence-electron chi connectivity index (χ1n) is 10.8. The van der Waals surface area contributed by atoms with Crippen molar-refractivity contribution in [3.8, 4) is 11.8 Å². The Morgan fingerprint density at radius 3 is 2.68 bits per heavy atom. The zero-order chi connectivity index (χ0) is 22.1. The van der Waals surface area contributed by atoms with Gasteiger partial charge in [0.2, 0.25) is 11.9 Å². The number of carbonyl (C=O) groups is 1. The summed E-state index contributed by atoms with van der Waals surface area (Å²) in [7, 11) is 0. The molecule has 1 fully saturated rings. The van der Waals surface area contributed by atoms with Gasteiger partial charge in [-0.05, 0) is 30.5 Å². The summed E-state index contributed by atoms with van der Waals surface area (Å²) in [6.07, 6.45) is 4.31. The highest BCUT2D eigenvalue weighted by Crippen LogP contribution is 2.22. The van der Waals surface area contributed by atoms with Crippen molar-refractivity contribution in [2.45, 2.75) is 45.3 Å². The summed E-state index contributed by atoms with van der Waals surface area (Å²) in [6, 6.07) is 13.1. The molecular weight excluding hydrogens is 392 g/mol. The smallest absolute Gasteiger partial charge is 0.243 e. The fraction of sp³-hybridized carbons (Fsp3) is 0.478. The van der Waals surface area contributed by atoms with Crippen LogP contribution in [0.5, 0.6) is 5.75 Å². The second-order valence-electron chi connectivity index (χ2n) is 8.06. The van der Waals surface area contributed by atoms with E-state index in [2.05, 4.69) is 39.3 Å². The SMILES string of the molecule is CC(C)C[C@H](Nc1ccnc(N2CCC(Oc3ccccc3)CC2)n1)C(=O)NCC#N. The maximum absolute atomic E-state index is 12.4. The van der Waals surface area contributed by atoms with Crippen LogP contribution in [0.25, 0.3) is 0 Å². The standard InChI is InChI=1S/C23H30N6O2/c1-17(2)16-20(22(30)25-13-11-24)27-21-8-12-26-23(28-21)29-14-9-19(10-15-29)31-18-6-4-3-5-7-18/h3-8,12,17,19-20H,9-10,13-16H2,1-2H3,(H,25,30)(H,26,27,28)/t20-/m0/s1. The summed E-state index contributed by atoms with van der Waals surface area (Å²) in [5.41, 5.74) is 0. The molecule has 164 valence electrons. The number of amides is 1.